The average molecular weight is 246 g/mol. The van der Waals surface area contributed by atoms with E-state index in [1.807, 2.05) is 18.2 Å². The van der Waals surface area contributed by atoms with Gasteiger partial charge < -0.3 is 15.0 Å². The number of aromatic nitrogens is 2. The number of anilines is 1. The van der Waals surface area contributed by atoms with Crippen molar-refractivity contribution in [1.29, 1.82) is 0 Å². The zero-order chi connectivity index (χ0) is 12.5. The number of rotatable bonds is 2. The summed E-state index contributed by atoms with van der Waals surface area (Å²) in [7, 11) is 2.06. The van der Waals surface area contributed by atoms with E-state index in [0.717, 1.165) is 55.4 Å². The van der Waals surface area contributed by atoms with Crippen LogP contribution < -0.4 is 5.73 Å². The fourth-order valence-electron chi connectivity index (χ4n) is 2.37. The van der Waals surface area contributed by atoms with Gasteiger partial charge in [-0.1, -0.05) is 0 Å². The molecule has 1 aliphatic rings. The maximum atomic E-state index is 5.79. The van der Waals surface area contributed by atoms with Crippen molar-refractivity contribution >= 4 is 16.7 Å². The highest BCUT2D eigenvalue weighted by molar-refractivity contribution is 5.79. The van der Waals surface area contributed by atoms with Crippen LogP contribution in [0.5, 0.6) is 0 Å². The maximum absolute atomic E-state index is 5.79. The number of morpholine rings is 1. The molecule has 0 atom stereocenters. The summed E-state index contributed by atoms with van der Waals surface area (Å²) in [6.07, 6.45) is 0. The minimum absolute atomic E-state index is 0.763. The summed E-state index contributed by atoms with van der Waals surface area (Å²) >= 11 is 0. The smallest absolute Gasteiger partial charge is 0.123 e. The number of ether oxygens (including phenoxy) is 1. The Hall–Kier alpha value is -1.59. The third-order valence-electron chi connectivity index (χ3n) is 3.47. The minimum Gasteiger partial charge on any atom is -0.399 e. The van der Waals surface area contributed by atoms with Crippen LogP contribution in [0.2, 0.25) is 0 Å². The Morgan fingerprint density at radius 1 is 1.33 bits per heavy atom. The number of imidazole rings is 1. The molecule has 0 radical (unpaired) electrons. The van der Waals surface area contributed by atoms with Gasteiger partial charge in [0.15, 0.2) is 0 Å². The predicted octanol–water partition coefficient (Wildman–Crippen LogP) is 0.988. The Morgan fingerprint density at radius 2 is 2.11 bits per heavy atom. The number of nitrogens with two attached hydrogens (primary N) is 1. The minimum atomic E-state index is 0.763. The number of hydrogen-bond acceptors (Lipinski definition) is 4. The van der Waals surface area contributed by atoms with Crippen molar-refractivity contribution in [3.8, 4) is 0 Å². The van der Waals surface area contributed by atoms with Gasteiger partial charge in [0.2, 0.25) is 0 Å². The van der Waals surface area contributed by atoms with Gasteiger partial charge in [-0.2, -0.15) is 0 Å². The highest BCUT2D eigenvalue weighted by Gasteiger charge is 2.14. The zero-order valence-electron chi connectivity index (χ0n) is 10.6. The molecule has 1 saturated heterocycles. The maximum Gasteiger partial charge on any atom is 0.123 e. The van der Waals surface area contributed by atoms with E-state index < -0.39 is 0 Å². The molecule has 5 nitrogen and oxygen atoms in total. The quantitative estimate of drug-likeness (QED) is 0.803. The summed E-state index contributed by atoms with van der Waals surface area (Å²) in [4.78, 5) is 7.04. The highest BCUT2D eigenvalue weighted by Crippen LogP contribution is 2.19. The van der Waals surface area contributed by atoms with E-state index >= 15 is 0 Å². The molecule has 0 aliphatic carbocycles. The molecule has 18 heavy (non-hydrogen) atoms. The Bertz CT molecular complexity index is 557. The van der Waals surface area contributed by atoms with Crippen molar-refractivity contribution in [3.63, 3.8) is 0 Å². The fourth-order valence-corrected chi connectivity index (χ4v) is 2.37. The molecule has 1 aliphatic heterocycles. The molecule has 0 unspecified atom stereocenters. The third-order valence-corrected chi connectivity index (χ3v) is 3.47. The first-order valence-corrected chi connectivity index (χ1v) is 6.25. The van der Waals surface area contributed by atoms with Crippen LogP contribution in [0.25, 0.3) is 11.0 Å². The van der Waals surface area contributed by atoms with Crippen LogP contribution in [0.1, 0.15) is 5.82 Å². The molecular weight excluding hydrogens is 228 g/mol. The molecule has 0 spiro atoms. The van der Waals surface area contributed by atoms with Gasteiger partial charge in [0.05, 0.1) is 30.8 Å². The van der Waals surface area contributed by atoms with Crippen LogP contribution in [-0.2, 0) is 18.3 Å². The Kier molecular flexibility index (Phi) is 2.93. The molecule has 0 saturated carbocycles. The first kappa shape index (κ1) is 11.5. The monoisotopic (exact) mass is 246 g/mol. The first-order valence-electron chi connectivity index (χ1n) is 6.25. The second-order valence-corrected chi connectivity index (χ2v) is 4.72. The van der Waals surface area contributed by atoms with E-state index in [4.69, 9.17) is 10.5 Å². The van der Waals surface area contributed by atoms with Crippen molar-refractivity contribution < 1.29 is 4.74 Å². The first-order chi connectivity index (χ1) is 8.74. The summed E-state index contributed by atoms with van der Waals surface area (Å²) in [5.74, 6) is 1.08. The number of fused-ring (bicyclic) bond motifs is 1. The fraction of sp³-hybridized carbons (Fsp3) is 0.462. The molecular formula is C13H18N4O. The molecule has 1 fully saturated rings. The van der Waals surface area contributed by atoms with Crippen LogP contribution >= 0.6 is 0 Å². The van der Waals surface area contributed by atoms with Crippen LogP contribution in [0.15, 0.2) is 18.2 Å². The average Bonchev–Trinajstić information content (AvgIpc) is 2.67. The Morgan fingerprint density at radius 3 is 2.89 bits per heavy atom. The van der Waals surface area contributed by atoms with Gasteiger partial charge >= 0.3 is 0 Å². The Balaban J connectivity index is 1.89. The van der Waals surface area contributed by atoms with Crippen LogP contribution in [0.4, 0.5) is 5.69 Å². The lowest BCUT2D eigenvalue weighted by molar-refractivity contribution is 0.0328. The molecule has 0 bridgehead atoms. The summed E-state index contributed by atoms with van der Waals surface area (Å²) in [5.41, 5.74) is 8.66. The molecule has 5 heteroatoms. The van der Waals surface area contributed by atoms with Gasteiger partial charge in [0.1, 0.15) is 5.82 Å². The number of nitrogens with zero attached hydrogens (tertiary/aromatic N) is 3. The van der Waals surface area contributed by atoms with Crippen LogP contribution in [0.3, 0.4) is 0 Å². The van der Waals surface area contributed by atoms with Crippen molar-refractivity contribution in [3.05, 3.63) is 24.0 Å². The molecule has 1 aromatic heterocycles. The van der Waals surface area contributed by atoms with Gasteiger partial charge in [0, 0.05) is 25.8 Å². The largest absolute Gasteiger partial charge is 0.399 e. The van der Waals surface area contributed by atoms with Crippen LogP contribution in [0, 0.1) is 0 Å². The predicted molar refractivity (Wildman–Crippen MR) is 71.2 cm³/mol. The number of hydrogen-bond donors (Lipinski definition) is 1. The number of benzene rings is 1. The van der Waals surface area contributed by atoms with E-state index in [0.29, 0.717) is 0 Å². The summed E-state index contributed by atoms with van der Waals surface area (Å²) in [6, 6.07) is 5.88. The topological polar surface area (TPSA) is 56.3 Å². The zero-order valence-corrected chi connectivity index (χ0v) is 10.6. The van der Waals surface area contributed by atoms with Crippen molar-refractivity contribution in [2.24, 2.45) is 7.05 Å². The molecule has 3 rings (SSSR count). The van der Waals surface area contributed by atoms with E-state index in [2.05, 4.69) is 21.5 Å². The van der Waals surface area contributed by atoms with E-state index in [-0.39, 0.29) is 0 Å². The number of aryl methyl sites for hydroxylation is 1. The summed E-state index contributed by atoms with van der Waals surface area (Å²) in [6.45, 7) is 4.46. The summed E-state index contributed by atoms with van der Waals surface area (Å²) in [5, 5.41) is 0. The highest BCUT2D eigenvalue weighted by atomic mass is 16.5. The van der Waals surface area contributed by atoms with Crippen molar-refractivity contribution in [2.75, 3.05) is 32.0 Å². The molecule has 0 amide bonds. The van der Waals surface area contributed by atoms with E-state index in [9.17, 15) is 0 Å². The third kappa shape index (κ3) is 2.07. The second-order valence-electron chi connectivity index (χ2n) is 4.72. The van der Waals surface area contributed by atoms with Crippen molar-refractivity contribution in [2.45, 2.75) is 6.54 Å². The van der Waals surface area contributed by atoms with Gasteiger partial charge in [0.25, 0.3) is 0 Å². The molecule has 2 N–H and O–H groups in total. The lowest BCUT2D eigenvalue weighted by atomic mass is 10.3. The second kappa shape index (κ2) is 4.59. The summed E-state index contributed by atoms with van der Waals surface area (Å²) < 4.78 is 7.50. The normalized spacial score (nSPS) is 17.4. The van der Waals surface area contributed by atoms with Gasteiger partial charge in [-0.25, -0.2) is 4.98 Å². The van der Waals surface area contributed by atoms with E-state index in [1.165, 1.54) is 0 Å². The standard InChI is InChI=1S/C13H18N4O/c1-16-12-3-2-10(14)8-11(12)15-13(16)9-17-4-6-18-7-5-17/h2-3,8H,4-7,9,14H2,1H3. The van der Waals surface area contributed by atoms with Crippen LogP contribution in [-0.4, -0.2) is 40.8 Å². The van der Waals surface area contributed by atoms with Gasteiger partial charge in [-0.15, -0.1) is 0 Å². The molecule has 1 aromatic carbocycles. The van der Waals surface area contributed by atoms with Gasteiger partial charge in [-0.3, -0.25) is 4.90 Å². The molecule has 2 heterocycles. The SMILES string of the molecule is Cn1c(CN2CCOCC2)nc2cc(N)ccc21. The number of nitrogen functional groups attached to an aromatic ring is 1. The van der Waals surface area contributed by atoms with Gasteiger partial charge in [-0.05, 0) is 18.2 Å². The molecule has 96 valence electrons. The Labute approximate surface area is 106 Å². The van der Waals surface area contributed by atoms with E-state index in [1.54, 1.807) is 0 Å². The lowest BCUT2D eigenvalue weighted by Crippen LogP contribution is -2.36. The molecule has 2 aromatic rings. The van der Waals surface area contributed by atoms with Crippen molar-refractivity contribution in [1.82, 2.24) is 14.5 Å². The lowest BCUT2D eigenvalue weighted by Gasteiger charge is -2.26.